The molecule has 0 unspecified atom stereocenters. The van der Waals surface area contributed by atoms with Crippen LogP contribution in [0.5, 0.6) is 0 Å². The van der Waals surface area contributed by atoms with Gasteiger partial charge in [-0.05, 0) is 55.2 Å². The van der Waals surface area contributed by atoms with Gasteiger partial charge in [0.05, 0.1) is 11.3 Å². The highest BCUT2D eigenvalue weighted by atomic mass is 35.5. The van der Waals surface area contributed by atoms with Gasteiger partial charge >= 0.3 is 12.2 Å². The molecule has 210 valence electrons. The molecule has 0 bridgehead atoms. The second-order valence-corrected chi connectivity index (χ2v) is 9.57. The lowest BCUT2D eigenvalue weighted by atomic mass is 10.0. The normalized spacial score (nSPS) is 12.9. The summed E-state index contributed by atoms with van der Waals surface area (Å²) in [6, 6.07) is 18.8. The molecule has 0 radical (unpaired) electrons. The number of nitrogens with one attached hydrogen (secondary N) is 3. The summed E-state index contributed by atoms with van der Waals surface area (Å²) in [4.78, 5) is 37.8. The van der Waals surface area contributed by atoms with Gasteiger partial charge < -0.3 is 16.0 Å². The second kappa shape index (κ2) is 14.3. The molecule has 3 amide bonds. The molecule has 0 aliphatic carbocycles. The van der Waals surface area contributed by atoms with Crippen LogP contribution >= 0.6 is 11.6 Å². The van der Waals surface area contributed by atoms with Crippen LogP contribution in [0.25, 0.3) is 0 Å². The molecule has 3 N–H and O–H groups in total. The van der Waals surface area contributed by atoms with E-state index in [0.29, 0.717) is 18.9 Å². The second-order valence-electron chi connectivity index (χ2n) is 9.14. The third kappa shape index (κ3) is 9.89. The average molecular weight is 572 g/mol. The summed E-state index contributed by atoms with van der Waals surface area (Å²) in [5, 5.41) is 7.40. The van der Waals surface area contributed by atoms with Gasteiger partial charge in [0.2, 0.25) is 5.91 Å². The lowest BCUT2D eigenvalue weighted by molar-refractivity contribution is -0.137. The summed E-state index contributed by atoms with van der Waals surface area (Å²) in [5.41, 5.74) is 0.151. The maximum atomic E-state index is 13.5. The number of amides is 3. The number of allylic oxidation sites excluding steroid dienone is 1. The Morgan fingerprint density at radius 3 is 2.12 bits per heavy atom. The fourth-order valence-electron chi connectivity index (χ4n) is 3.95. The van der Waals surface area contributed by atoms with Gasteiger partial charge in [-0.3, -0.25) is 9.59 Å². The van der Waals surface area contributed by atoms with Crippen molar-refractivity contribution in [1.29, 1.82) is 0 Å². The molecule has 2 atom stereocenters. The molecule has 0 saturated carbocycles. The Morgan fingerprint density at radius 1 is 0.900 bits per heavy atom. The minimum atomic E-state index is -4.76. The number of ketones is 1. The van der Waals surface area contributed by atoms with Crippen molar-refractivity contribution in [3.63, 3.8) is 0 Å². The van der Waals surface area contributed by atoms with Gasteiger partial charge in [0, 0.05) is 17.5 Å². The fourth-order valence-corrected chi connectivity index (χ4v) is 4.13. The summed E-state index contributed by atoms with van der Waals surface area (Å²) in [6.07, 6.45) is -0.642. The van der Waals surface area contributed by atoms with Crippen molar-refractivity contribution in [3.05, 3.63) is 113 Å². The summed E-state index contributed by atoms with van der Waals surface area (Å²) >= 11 is 5.73. The maximum absolute atomic E-state index is 13.5. The number of benzene rings is 3. The number of urea groups is 1. The van der Waals surface area contributed by atoms with E-state index in [2.05, 4.69) is 16.0 Å². The average Bonchev–Trinajstić information content (AvgIpc) is 2.91. The van der Waals surface area contributed by atoms with Crippen LogP contribution < -0.4 is 16.0 Å². The lowest BCUT2D eigenvalue weighted by Gasteiger charge is -2.23. The molecule has 6 nitrogen and oxygen atoms in total. The first-order valence-electron chi connectivity index (χ1n) is 12.5. The van der Waals surface area contributed by atoms with E-state index in [1.165, 1.54) is 19.1 Å². The highest BCUT2D eigenvalue weighted by Gasteiger charge is 2.34. The third-order valence-electron chi connectivity index (χ3n) is 5.92. The van der Waals surface area contributed by atoms with Crippen LogP contribution in [0.15, 0.2) is 91.0 Å². The zero-order valence-corrected chi connectivity index (χ0v) is 22.4. The van der Waals surface area contributed by atoms with E-state index in [-0.39, 0.29) is 17.2 Å². The van der Waals surface area contributed by atoms with Gasteiger partial charge in [-0.2, -0.15) is 13.2 Å². The fraction of sp³-hybridized carbons (Fsp3) is 0.233. The number of carbonyl (C=O) groups is 3. The molecular formula is C30H29ClF3N3O3. The summed E-state index contributed by atoms with van der Waals surface area (Å²) in [7, 11) is 0. The Labute approximate surface area is 235 Å². The van der Waals surface area contributed by atoms with Crippen LogP contribution in [0.2, 0.25) is 5.02 Å². The molecule has 0 spiro atoms. The molecule has 0 aliphatic heterocycles. The minimum absolute atomic E-state index is 0.0780. The Hall–Kier alpha value is -4.11. The van der Waals surface area contributed by atoms with Gasteiger partial charge in [0.25, 0.3) is 0 Å². The highest BCUT2D eigenvalue weighted by Crippen LogP contribution is 2.36. The van der Waals surface area contributed by atoms with Crippen molar-refractivity contribution < 1.29 is 27.6 Å². The standard InChI is InChI=1S/C30H29ClF3N3O3/c1-20(38)12-15-24(16-13-21-8-4-2-5-9-21)35-28(39)27(18-22-10-6-3-7-11-22)37-29(40)36-26-17-14-23(31)19-25(26)30(32,33)34/h2-12,14-15,17,19,24,27H,13,16,18H2,1H3,(H,35,39)(H2,36,37,40)/b15-12+/t24-,27+/m1/s1. The van der Waals surface area contributed by atoms with Crippen LogP contribution in [0, 0.1) is 0 Å². The number of halogens is 4. The molecule has 0 heterocycles. The molecule has 0 saturated heterocycles. The van der Waals surface area contributed by atoms with Crippen molar-refractivity contribution in [2.24, 2.45) is 0 Å². The maximum Gasteiger partial charge on any atom is 0.418 e. The van der Waals surface area contributed by atoms with Crippen LogP contribution in [-0.2, 0) is 28.6 Å². The van der Waals surface area contributed by atoms with E-state index < -0.39 is 41.4 Å². The first-order valence-corrected chi connectivity index (χ1v) is 12.9. The van der Waals surface area contributed by atoms with Crippen LogP contribution in [-0.4, -0.2) is 29.8 Å². The van der Waals surface area contributed by atoms with E-state index in [0.717, 1.165) is 17.2 Å². The van der Waals surface area contributed by atoms with Crippen LogP contribution in [0.3, 0.4) is 0 Å². The first-order chi connectivity index (χ1) is 19.0. The lowest BCUT2D eigenvalue weighted by Crippen LogP contribution is -2.51. The number of alkyl halides is 3. The van der Waals surface area contributed by atoms with Crippen LogP contribution in [0.1, 0.15) is 30.0 Å². The molecule has 40 heavy (non-hydrogen) atoms. The number of carbonyl (C=O) groups excluding carboxylic acids is 3. The third-order valence-corrected chi connectivity index (χ3v) is 6.15. The van der Waals surface area contributed by atoms with Gasteiger partial charge in [-0.15, -0.1) is 0 Å². The predicted octanol–water partition coefficient (Wildman–Crippen LogP) is 6.35. The molecule has 3 aromatic rings. The summed E-state index contributed by atoms with van der Waals surface area (Å²) in [6.45, 7) is 1.39. The summed E-state index contributed by atoms with van der Waals surface area (Å²) < 4.78 is 40.5. The van der Waals surface area contributed by atoms with E-state index in [4.69, 9.17) is 11.6 Å². The monoisotopic (exact) mass is 571 g/mol. The van der Waals surface area contributed by atoms with Crippen molar-refractivity contribution in [1.82, 2.24) is 10.6 Å². The minimum Gasteiger partial charge on any atom is -0.348 e. The van der Waals surface area contributed by atoms with Crippen LogP contribution in [0.4, 0.5) is 23.7 Å². The molecular weight excluding hydrogens is 543 g/mol. The molecule has 0 aliphatic rings. The zero-order chi connectivity index (χ0) is 29.1. The molecule has 3 rings (SSSR count). The number of aryl methyl sites for hydroxylation is 1. The molecule has 0 fully saturated rings. The number of rotatable bonds is 11. The number of hydrogen-bond acceptors (Lipinski definition) is 3. The van der Waals surface area contributed by atoms with Crippen molar-refractivity contribution in [2.45, 2.75) is 44.4 Å². The van der Waals surface area contributed by atoms with E-state index in [1.807, 2.05) is 30.3 Å². The summed E-state index contributed by atoms with van der Waals surface area (Å²) in [5.74, 6) is -0.752. The first kappa shape index (κ1) is 30.4. The number of anilines is 1. The van der Waals surface area contributed by atoms with Crippen molar-refractivity contribution in [2.75, 3.05) is 5.32 Å². The van der Waals surface area contributed by atoms with Gasteiger partial charge in [-0.1, -0.05) is 78.3 Å². The van der Waals surface area contributed by atoms with Gasteiger partial charge in [0.1, 0.15) is 6.04 Å². The quantitative estimate of drug-likeness (QED) is 0.234. The molecule has 0 aromatic heterocycles. The van der Waals surface area contributed by atoms with Gasteiger partial charge in [0.15, 0.2) is 5.78 Å². The smallest absolute Gasteiger partial charge is 0.348 e. The van der Waals surface area contributed by atoms with E-state index in [9.17, 15) is 27.6 Å². The zero-order valence-electron chi connectivity index (χ0n) is 21.7. The van der Waals surface area contributed by atoms with E-state index in [1.54, 1.807) is 36.4 Å². The number of hydrogen-bond donors (Lipinski definition) is 3. The van der Waals surface area contributed by atoms with Crippen molar-refractivity contribution in [3.8, 4) is 0 Å². The molecule has 3 aromatic carbocycles. The van der Waals surface area contributed by atoms with E-state index >= 15 is 0 Å². The largest absolute Gasteiger partial charge is 0.418 e. The van der Waals surface area contributed by atoms with Crippen molar-refractivity contribution >= 4 is 35.0 Å². The SMILES string of the molecule is CC(=O)/C=C/[C@H](CCc1ccccc1)NC(=O)[C@H](Cc1ccccc1)NC(=O)Nc1ccc(Cl)cc1C(F)(F)F. The Kier molecular flexibility index (Phi) is 10.9. The van der Waals surface area contributed by atoms with Gasteiger partial charge in [-0.25, -0.2) is 4.79 Å². The Bertz CT molecular complexity index is 1330. The highest BCUT2D eigenvalue weighted by molar-refractivity contribution is 6.30. The predicted molar refractivity (Wildman–Crippen MR) is 149 cm³/mol. The molecule has 10 heteroatoms. The Morgan fingerprint density at radius 2 is 1.52 bits per heavy atom. The topological polar surface area (TPSA) is 87.3 Å². The Balaban J connectivity index is 1.79.